The number of hydrogen-bond donors (Lipinski definition) is 2. The number of benzene rings is 2. The number of nitriles is 1. The number of carbonyl (C=O) groups is 1. The summed E-state index contributed by atoms with van der Waals surface area (Å²) in [6.07, 6.45) is 0. The van der Waals surface area contributed by atoms with Crippen molar-refractivity contribution in [2.24, 2.45) is 0 Å². The number of rotatable bonds is 3. The molecule has 0 amide bonds. The van der Waals surface area contributed by atoms with Crippen molar-refractivity contribution in [2.45, 2.75) is 0 Å². The lowest BCUT2D eigenvalue weighted by Crippen LogP contribution is -2.16. The molecule has 21 heavy (non-hydrogen) atoms. The van der Waals surface area contributed by atoms with Crippen LogP contribution in [0.15, 0.2) is 36.4 Å². The SMILES string of the molecule is CN(c1ccccc1C#N)c1c(Cl)cc(N)cc1C(=O)O. The van der Waals surface area contributed by atoms with Crippen molar-refractivity contribution in [3.63, 3.8) is 0 Å². The quantitative estimate of drug-likeness (QED) is 0.849. The minimum absolute atomic E-state index is 0.0183. The lowest BCUT2D eigenvalue weighted by molar-refractivity contribution is 0.0697. The van der Waals surface area contributed by atoms with E-state index in [1.807, 2.05) is 0 Å². The molecule has 2 aromatic carbocycles. The van der Waals surface area contributed by atoms with E-state index in [1.165, 1.54) is 12.1 Å². The Morgan fingerprint density at radius 3 is 2.67 bits per heavy atom. The Kier molecular flexibility index (Phi) is 4.01. The molecule has 0 saturated carbocycles. The van der Waals surface area contributed by atoms with Gasteiger partial charge in [-0.1, -0.05) is 23.7 Å². The van der Waals surface area contributed by atoms with E-state index in [0.29, 0.717) is 16.9 Å². The molecule has 0 fully saturated rings. The Morgan fingerprint density at radius 1 is 1.38 bits per heavy atom. The molecule has 0 radical (unpaired) electrons. The van der Waals surface area contributed by atoms with Crippen molar-refractivity contribution in [3.8, 4) is 6.07 Å². The molecule has 0 atom stereocenters. The normalized spacial score (nSPS) is 9.95. The second-order valence-electron chi connectivity index (χ2n) is 4.39. The molecule has 0 heterocycles. The molecule has 0 spiro atoms. The van der Waals surface area contributed by atoms with E-state index >= 15 is 0 Å². The maximum absolute atomic E-state index is 11.4. The van der Waals surface area contributed by atoms with Crippen LogP contribution in [0.5, 0.6) is 0 Å². The maximum atomic E-state index is 11.4. The van der Waals surface area contributed by atoms with Crippen LogP contribution in [0.3, 0.4) is 0 Å². The fourth-order valence-corrected chi connectivity index (χ4v) is 2.46. The first kappa shape index (κ1) is 14.7. The summed E-state index contributed by atoms with van der Waals surface area (Å²) in [4.78, 5) is 13.0. The standard InChI is InChI=1S/C15H12ClN3O2/c1-19(13-5-3-2-4-9(13)8-17)14-11(15(20)21)6-10(18)7-12(14)16/h2-7H,18H2,1H3,(H,20,21). The number of nitrogens with two attached hydrogens (primary N) is 1. The van der Waals surface area contributed by atoms with Crippen LogP contribution < -0.4 is 10.6 Å². The lowest BCUT2D eigenvalue weighted by atomic mass is 10.1. The van der Waals surface area contributed by atoms with Crippen LogP contribution in [0.25, 0.3) is 0 Å². The van der Waals surface area contributed by atoms with Crippen LogP contribution in [-0.2, 0) is 0 Å². The summed E-state index contributed by atoms with van der Waals surface area (Å²) in [5, 5.41) is 18.7. The third kappa shape index (κ3) is 2.76. The summed E-state index contributed by atoms with van der Waals surface area (Å²) in [5.74, 6) is -1.14. The van der Waals surface area contributed by atoms with Crippen LogP contribution in [0, 0.1) is 11.3 Å². The van der Waals surface area contributed by atoms with Crippen LogP contribution in [-0.4, -0.2) is 18.1 Å². The largest absolute Gasteiger partial charge is 0.478 e. The van der Waals surface area contributed by atoms with Gasteiger partial charge < -0.3 is 15.7 Å². The van der Waals surface area contributed by atoms with E-state index in [-0.39, 0.29) is 16.3 Å². The molecular weight excluding hydrogens is 290 g/mol. The Labute approximate surface area is 126 Å². The molecule has 0 aromatic heterocycles. The van der Waals surface area contributed by atoms with Gasteiger partial charge in [0.1, 0.15) is 6.07 Å². The molecular formula is C15H12ClN3O2. The average molecular weight is 302 g/mol. The van der Waals surface area contributed by atoms with Gasteiger partial charge in [-0.3, -0.25) is 0 Å². The zero-order chi connectivity index (χ0) is 15.6. The number of para-hydroxylation sites is 1. The zero-order valence-corrected chi connectivity index (χ0v) is 11.9. The highest BCUT2D eigenvalue weighted by Gasteiger charge is 2.20. The fourth-order valence-electron chi connectivity index (χ4n) is 2.11. The second-order valence-corrected chi connectivity index (χ2v) is 4.80. The van der Waals surface area contributed by atoms with Gasteiger partial charge in [0, 0.05) is 12.7 Å². The van der Waals surface area contributed by atoms with E-state index in [4.69, 9.17) is 22.6 Å². The van der Waals surface area contributed by atoms with E-state index in [0.717, 1.165) is 0 Å². The van der Waals surface area contributed by atoms with Crippen molar-refractivity contribution >= 4 is 34.6 Å². The Hall–Kier alpha value is -2.71. The predicted molar refractivity (Wildman–Crippen MR) is 82.0 cm³/mol. The number of carboxylic acid groups (broad SMARTS) is 1. The van der Waals surface area contributed by atoms with Crippen LogP contribution in [0.1, 0.15) is 15.9 Å². The summed E-state index contributed by atoms with van der Waals surface area (Å²) in [6.45, 7) is 0. The number of carboxylic acids is 1. The second kappa shape index (κ2) is 5.73. The zero-order valence-electron chi connectivity index (χ0n) is 11.2. The molecule has 0 saturated heterocycles. The van der Waals surface area contributed by atoms with Crippen molar-refractivity contribution in [3.05, 3.63) is 52.5 Å². The van der Waals surface area contributed by atoms with Gasteiger partial charge in [0.25, 0.3) is 0 Å². The molecule has 3 N–H and O–H groups in total. The monoisotopic (exact) mass is 301 g/mol. The van der Waals surface area contributed by atoms with Crippen LogP contribution >= 0.6 is 11.6 Å². The summed E-state index contributed by atoms with van der Waals surface area (Å²) in [7, 11) is 1.65. The third-order valence-electron chi connectivity index (χ3n) is 3.04. The highest BCUT2D eigenvalue weighted by atomic mass is 35.5. The molecule has 5 nitrogen and oxygen atoms in total. The summed E-state index contributed by atoms with van der Waals surface area (Å²) in [6, 6.07) is 11.8. The van der Waals surface area contributed by atoms with Gasteiger partial charge in [-0.05, 0) is 24.3 Å². The molecule has 0 unspecified atom stereocenters. The highest BCUT2D eigenvalue weighted by molar-refractivity contribution is 6.34. The van der Waals surface area contributed by atoms with E-state index in [9.17, 15) is 9.90 Å². The molecule has 2 aromatic rings. The molecule has 6 heteroatoms. The van der Waals surface area contributed by atoms with Crippen molar-refractivity contribution in [1.29, 1.82) is 5.26 Å². The molecule has 2 rings (SSSR count). The summed E-state index contributed by atoms with van der Waals surface area (Å²) >= 11 is 6.15. The number of nitrogen functional groups attached to an aromatic ring is 1. The molecule has 0 bridgehead atoms. The number of aromatic carboxylic acids is 1. The van der Waals surface area contributed by atoms with E-state index in [1.54, 1.807) is 36.2 Å². The first-order valence-corrected chi connectivity index (χ1v) is 6.38. The third-order valence-corrected chi connectivity index (χ3v) is 3.33. The molecule has 0 aliphatic heterocycles. The van der Waals surface area contributed by atoms with Gasteiger partial charge in [-0.2, -0.15) is 5.26 Å². The highest BCUT2D eigenvalue weighted by Crippen LogP contribution is 2.37. The molecule has 106 valence electrons. The van der Waals surface area contributed by atoms with Crippen LogP contribution in [0.4, 0.5) is 17.1 Å². The maximum Gasteiger partial charge on any atom is 0.337 e. The molecule has 0 aliphatic carbocycles. The van der Waals surface area contributed by atoms with Gasteiger partial charge in [-0.25, -0.2) is 4.79 Å². The molecule has 0 aliphatic rings. The predicted octanol–water partition coefficient (Wildman–Crippen LogP) is 3.26. The van der Waals surface area contributed by atoms with Gasteiger partial charge >= 0.3 is 5.97 Å². The lowest BCUT2D eigenvalue weighted by Gasteiger charge is -2.24. The number of nitrogens with zero attached hydrogens (tertiary/aromatic N) is 2. The fraction of sp³-hybridized carbons (Fsp3) is 0.0667. The van der Waals surface area contributed by atoms with E-state index in [2.05, 4.69) is 6.07 Å². The number of hydrogen-bond acceptors (Lipinski definition) is 4. The summed E-state index contributed by atoms with van der Waals surface area (Å²) in [5.41, 5.74) is 7.17. The Balaban J connectivity index is 2.66. The minimum atomic E-state index is -1.14. The topological polar surface area (TPSA) is 90.4 Å². The van der Waals surface area contributed by atoms with Gasteiger partial charge in [0.2, 0.25) is 0 Å². The van der Waals surface area contributed by atoms with Gasteiger partial charge in [-0.15, -0.1) is 0 Å². The Morgan fingerprint density at radius 2 is 2.05 bits per heavy atom. The van der Waals surface area contributed by atoms with Gasteiger partial charge in [0.05, 0.1) is 27.5 Å². The number of anilines is 3. The average Bonchev–Trinajstić information content (AvgIpc) is 2.45. The Bertz CT molecular complexity index is 753. The first-order chi connectivity index (χ1) is 9.95. The van der Waals surface area contributed by atoms with Crippen molar-refractivity contribution < 1.29 is 9.90 Å². The first-order valence-electron chi connectivity index (χ1n) is 6.01. The summed E-state index contributed by atoms with van der Waals surface area (Å²) < 4.78 is 0. The van der Waals surface area contributed by atoms with Crippen molar-refractivity contribution in [2.75, 3.05) is 17.7 Å². The smallest absolute Gasteiger partial charge is 0.337 e. The van der Waals surface area contributed by atoms with E-state index < -0.39 is 5.97 Å². The van der Waals surface area contributed by atoms with Crippen LogP contribution in [0.2, 0.25) is 5.02 Å². The minimum Gasteiger partial charge on any atom is -0.478 e. The van der Waals surface area contributed by atoms with Crippen molar-refractivity contribution in [1.82, 2.24) is 0 Å². The number of halogens is 1. The van der Waals surface area contributed by atoms with Gasteiger partial charge in [0.15, 0.2) is 0 Å².